The summed E-state index contributed by atoms with van der Waals surface area (Å²) in [4.78, 5) is 59.3. The molecule has 0 spiro atoms. The highest BCUT2D eigenvalue weighted by atomic mass is 32.2. The number of amides is 4. The van der Waals surface area contributed by atoms with E-state index < -0.39 is 80.4 Å². The zero-order chi connectivity index (χ0) is 36.1. The van der Waals surface area contributed by atoms with Crippen LogP contribution in [0, 0.1) is 17.6 Å². The maximum atomic E-state index is 14.4. The quantitative estimate of drug-likeness (QED) is 0.218. The molecular formula is C35H37F2N5O8S. The van der Waals surface area contributed by atoms with Gasteiger partial charge in [0, 0.05) is 29.2 Å². The number of carbonyl (C=O) groups is 4. The maximum Gasteiger partial charge on any atom is 0.405 e. The Morgan fingerprint density at radius 2 is 1.75 bits per heavy atom. The second-order valence-electron chi connectivity index (χ2n) is 13.8. The van der Waals surface area contributed by atoms with Crippen LogP contribution in [0.5, 0.6) is 5.88 Å². The summed E-state index contributed by atoms with van der Waals surface area (Å²) in [5.41, 5.74) is -1.38. The number of halogens is 2. The topological polar surface area (TPSA) is 184 Å². The molecule has 0 bridgehead atoms. The Labute approximate surface area is 291 Å². The number of nitrogens with one attached hydrogen (secondary N) is 3. The van der Waals surface area contributed by atoms with Crippen molar-refractivity contribution in [3.8, 4) is 5.88 Å². The van der Waals surface area contributed by atoms with Crippen molar-refractivity contribution in [2.75, 3.05) is 6.54 Å². The van der Waals surface area contributed by atoms with Crippen molar-refractivity contribution >= 4 is 55.5 Å². The van der Waals surface area contributed by atoms with E-state index in [-0.39, 0.29) is 37.2 Å². The second kappa shape index (κ2) is 13.4. The van der Waals surface area contributed by atoms with Crippen molar-refractivity contribution in [2.24, 2.45) is 5.92 Å². The van der Waals surface area contributed by atoms with Gasteiger partial charge in [-0.3, -0.25) is 19.1 Å². The van der Waals surface area contributed by atoms with Gasteiger partial charge in [-0.2, -0.15) is 0 Å². The lowest BCUT2D eigenvalue weighted by Gasteiger charge is -2.29. The van der Waals surface area contributed by atoms with Crippen LogP contribution in [-0.4, -0.2) is 82.7 Å². The van der Waals surface area contributed by atoms with Crippen molar-refractivity contribution in [1.29, 1.82) is 0 Å². The molecule has 13 nitrogen and oxygen atoms in total. The van der Waals surface area contributed by atoms with Gasteiger partial charge >= 0.3 is 6.09 Å². The average Bonchev–Trinajstić information content (AvgIpc) is 4.00. The van der Waals surface area contributed by atoms with Gasteiger partial charge in [-0.15, -0.1) is 0 Å². The molecule has 4 amide bonds. The molecule has 270 valence electrons. The molecule has 2 aliphatic carbocycles. The molecule has 0 radical (unpaired) electrons. The number of carboxylic acid groups (broad SMARTS) is 1. The molecule has 3 aromatic rings. The number of rotatable bonds is 6. The SMILES string of the molecule is O=C(O)N[C@H]1CCCCCC=C[C@@H]2C[C@@]2(C(=O)NS(=O)(=O)C2CC2)NC(=O)[C@@H]2C[C@@H](Oc3nc4cc(F)ccc4c4cc(F)ccc34)CN2C1=O. The normalized spacial score (nSPS) is 27.1. The third-order valence-electron chi connectivity index (χ3n) is 10.1. The molecule has 1 aromatic heterocycles. The van der Waals surface area contributed by atoms with Gasteiger partial charge in [0.05, 0.1) is 17.3 Å². The van der Waals surface area contributed by atoms with Crippen molar-refractivity contribution in [1.82, 2.24) is 25.2 Å². The van der Waals surface area contributed by atoms with E-state index in [2.05, 4.69) is 20.3 Å². The number of pyridine rings is 1. The van der Waals surface area contributed by atoms with Gasteiger partial charge in [0.25, 0.3) is 5.91 Å². The minimum Gasteiger partial charge on any atom is -0.472 e. The van der Waals surface area contributed by atoms with Crippen LogP contribution < -0.4 is 20.1 Å². The number of benzene rings is 2. The van der Waals surface area contributed by atoms with E-state index in [4.69, 9.17) is 4.74 Å². The number of ether oxygens (including phenoxy) is 1. The summed E-state index contributed by atoms with van der Waals surface area (Å²) in [5.74, 6) is -3.85. The summed E-state index contributed by atoms with van der Waals surface area (Å²) in [7, 11) is -3.94. The van der Waals surface area contributed by atoms with Crippen molar-refractivity contribution in [3.63, 3.8) is 0 Å². The van der Waals surface area contributed by atoms with Crippen LogP contribution in [0.4, 0.5) is 13.6 Å². The summed E-state index contributed by atoms with van der Waals surface area (Å²) in [5, 5.41) is 15.2. The minimum atomic E-state index is -3.94. The summed E-state index contributed by atoms with van der Waals surface area (Å²) in [6, 6.07) is 5.43. The van der Waals surface area contributed by atoms with Gasteiger partial charge in [-0.1, -0.05) is 25.0 Å². The fourth-order valence-corrected chi connectivity index (χ4v) is 8.53. The molecule has 2 saturated carbocycles. The van der Waals surface area contributed by atoms with Gasteiger partial charge in [-0.05, 0) is 74.2 Å². The second-order valence-corrected chi connectivity index (χ2v) is 15.7. The fourth-order valence-electron chi connectivity index (χ4n) is 7.16. The first kappa shape index (κ1) is 34.6. The van der Waals surface area contributed by atoms with Crippen LogP contribution in [0.25, 0.3) is 21.7 Å². The monoisotopic (exact) mass is 725 g/mol. The highest BCUT2D eigenvalue weighted by Crippen LogP contribution is 2.46. The molecule has 5 atom stereocenters. The first-order chi connectivity index (χ1) is 24.3. The zero-order valence-electron chi connectivity index (χ0n) is 27.4. The summed E-state index contributed by atoms with van der Waals surface area (Å²) >= 11 is 0. The largest absolute Gasteiger partial charge is 0.472 e. The molecule has 4 aliphatic rings. The van der Waals surface area contributed by atoms with Crippen LogP contribution >= 0.6 is 0 Å². The van der Waals surface area contributed by atoms with E-state index in [0.29, 0.717) is 48.3 Å². The number of nitrogens with zero attached hydrogens (tertiary/aromatic N) is 2. The maximum absolute atomic E-state index is 14.4. The molecule has 7 rings (SSSR count). The van der Waals surface area contributed by atoms with Crippen LogP contribution in [0.3, 0.4) is 0 Å². The van der Waals surface area contributed by atoms with Gasteiger partial charge in [0.1, 0.15) is 35.4 Å². The molecule has 4 N–H and O–H groups in total. The lowest BCUT2D eigenvalue weighted by Crippen LogP contribution is -2.58. The molecule has 1 saturated heterocycles. The van der Waals surface area contributed by atoms with Gasteiger partial charge in [0.2, 0.25) is 27.7 Å². The smallest absolute Gasteiger partial charge is 0.405 e. The number of hydrogen-bond donors (Lipinski definition) is 4. The van der Waals surface area contributed by atoms with Gasteiger partial charge in [-0.25, -0.2) is 27.0 Å². The van der Waals surface area contributed by atoms with Gasteiger partial charge in [0.15, 0.2) is 0 Å². The standard InChI is InChI=1S/C35H37F2N5O8S/c36-20-9-13-25-26(14-20)24-12-8-21(37)15-28(24)38-31(25)50-22-16-29-30(43)40-35(33(45)41-51(48,49)23-10-11-23)17-19(35)6-4-2-1-3-5-7-27(39-34(46)47)32(44)42(29)18-22/h4,6,8-9,12-15,19,22-23,27,29,39H,1-3,5,7,10-11,16-18H2,(H,40,43)(H,41,45)(H,46,47)/t19-,22-,27+,29+,35-/m1/s1. The van der Waals surface area contributed by atoms with E-state index in [9.17, 15) is 41.5 Å². The Bertz CT molecular complexity index is 2080. The molecular weight excluding hydrogens is 688 g/mol. The number of allylic oxidation sites excluding steroid dienone is 1. The first-order valence-corrected chi connectivity index (χ1v) is 18.6. The number of hydrogen-bond acceptors (Lipinski definition) is 8. The Morgan fingerprint density at radius 3 is 2.49 bits per heavy atom. The lowest BCUT2D eigenvalue weighted by atomic mass is 10.1. The predicted octanol–water partition coefficient (Wildman–Crippen LogP) is 3.65. The molecule has 3 fully saturated rings. The fraction of sp³-hybridized carbons (Fsp3) is 0.457. The highest BCUT2D eigenvalue weighted by molar-refractivity contribution is 7.91. The molecule has 2 aromatic carbocycles. The van der Waals surface area contributed by atoms with Gasteiger partial charge < -0.3 is 25.4 Å². The lowest BCUT2D eigenvalue weighted by molar-refractivity contribution is -0.141. The highest BCUT2D eigenvalue weighted by Gasteiger charge is 2.62. The predicted molar refractivity (Wildman–Crippen MR) is 180 cm³/mol. The van der Waals surface area contributed by atoms with Crippen molar-refractivity contribution < 1.29 is 46.2 Å². The first-order valence-electron chi connectivity index (χ1n) is 17.0. The molecule has 2 aliphatic heterocycles. The van der Waals surface area contributed by atoms with E-state index in [1.54, 1.807) is 6.08 Å². The van der Waals surface area contributed by atoms with Crippen LogP contribution in [0.15, 0.2) is 48.6 Å². The Hall–Kier alpha value is -4.86. The summed E-state index contributed by atoms with van der Waals surface area (Å²) in [6.45, 7) is -0.182. The Morgan fingerprint density at radius 1 is 1.00 bits per heavy atom. The zero-order valence-corrected chi connectivity index (χ0v) is 28.3. The van der Waals surface area contributed by atoms with Crippen LogP contribution in [0.1, 0.15) is 57.8 Å². The molecule has 3 heterocycles. The Kier molecular flexibility index (Phi) is 9.06. The van der Waals surface area contributed by atoms with Crippen molar-refractivity contribution in [3.05, 3.63) is 60.2 Å². The third-order valence-corrected chi connectivity index (χ3v) is 11.9. The molecule has 16 heteroatoms. The summed E-state index contributed by atoms with van der Waals surface area (Å²) < 4.78 is 62.6. The van der Waals surface area contributed by atoms with E-state index in [1.807, 2.05) is 6.08 Å². The average molecular weight is 726 g/mol. The van der Waals surface area contributed by atoms with E-state index >= 15 is 0 Å². The molecule has 0 unspecified atom stereocenters. The Balaban J connectivity index is 1.22. The van der Waals surface area contributed by atoms with E-state index in [1.165, 1.54) is 41.3 Å². The molecule has 51 heavy (non-hydrogen) atoms. The van der Waals surface area contributed by atoms with Crippen LogP contribution in [-0.2, 0) is 24.4 Å². The minimum absolute atomic E-state index is 0.0115. The summed E-state index contributed by atoms with van der Waals surface area (Å²) in [6.07, 6.45) is 5.00. The number of aromatic nitrogens is 1. The third kappa shape index (κ3) is 7.05. The number of fused-ring (bicyclic) bond motifs is 5. The van der Waals surface area contributed by atoms with E-state index in [0.717, 1.165) is 6.42 Å². The van der Waals surface area contributed by atoms with Crippen LogP contribution in [0.2, 0.25) is 0 Å². The van der Waals surface area contributed by atoms with Crippen molar-refractivity contribution in [2.45, 2.75) is 86.8 Å². The number of sulfonamides is 1. The number of carbonyl (C=O) groups excluding carboxylic acids is 3.